The summed E-state index contributed by atoms with van der Waals surface area (Å²) in [5, 5.41) is 10.3. The fourth-order valence-corrected chi connectivity index (χ4v) is 4.01. The molecule has 0 radical (unpaired) electrons. The van der Waals surface area contributed by atoms with Crippen LogP contribution in [0.15, 0.2) is 24.4 Å². The van der Waals surface area contributed by atoms with Gasteiger partial charge in [0.15, 0.2) is 0 Å². The molecule has 0 unspecified atom stereocenters. The predicted octanol–water partition coefficient (Wildman–Crippen LogP) is 3.82. The van der Waals surface area contributed by atoms with Crippen LogP contribution in [0.4, 0.5) is 23.5 Å². The number of aromatic nitrogens is 2. The number of alkyl halides is 3. The summed E-state index contributed by atoms with van der Waals surface area (Å²) in [5.41, 5.74) is -0.0361. The number of nitrogens with zero attached hydrogens (tertiary/aromatic N) is 3. The number of aryl methyl sites for hydroxylation is 1. The largest absolute Gasteiger partial charge is 0.483 e. The zero-order valence-corrected chi connectivity index (χ0v) is 16.3. The summed E-state index contributed by atoms with van der Waals surface area (Å²) in [6, 6.07) is 2.80. The molecule has 0 aliphatic carbocycles. The van der Waals surface area contributed by atoms with Crippen LogP contribution in [0.5, 0.6) is 0 Å². The van der Waals surface area contributed by atoms with Gasteiger partial charge in [-0.3, -0.25) is 4.79 Å². The Bertz CT molecular complexity index is 899. The highest BCUT2D eigenvalue weighted by atomic mass is 19.4. The van der Waals surface area contributed by atoms with Crippen LogP contribution >= 0.6 is 0 Å². The fourth-order valence-electron chi connectivity index (χ4n) is 4.01. The SMILES string of the molecule is Cc1nc(N[C@@H]2CN3CCC2CC3)ncc1-c1ccc(C(F)(F)F)cc1F.O=CO. The number of piperidine rings is 3. The topological polar surface area (TPSA) is 78.4 Å². The van der Waals surface area contributed by atoms with Crippen LogP contribution in [-0.4, -0.2) is 52.1 Å². The number of carbonyl (C=O) groups is 1. The van der Waals surface area contributed by atoms with E-state index in [0.29, 0.717) is 35.2 Å². The van der Waals surface area contributed by atoms with Crippen LogP contribution in [0, 0.1) is 18.7 Å². The highest BCUT2D eigenvalue weighted by Gasteiger charge is 2.34. The first-order valence-corrected chi connectivity index (χ1v) is 9.50. The van der Waals surface area contributed by atoms with Crippen molar-refractivity contribution >= 4 is 12.4 Å². The fraction of sp³-hybridized carbons (Fsp3) is 0.450. The molecule has 5 rings (SSSR count). The molecule has 10 heteroatoms. The third-order valence-electron chi connectivity index (χ3n) is 5.54. The van der Waals surface area contributed by atoms with E-state index in [9.17, 15) is 17.6 Å². The number of anilines is 1. The molecular formula is C20H22F4N4O2. The van der Waals surface area contributed by atoms with E-state index >= 15 is 0 Å². The van der Waals surface area contributed by atoms with Crippen molar-refractivity contribution in [1.29, 1.82) is 0 Å². The van der Waals surface area contributed by atoms with Gasteiger partial charge in [-0.05, 0) is 50.9 Å². The van der Waals surface area contributed by atoms with Gasteiger partial charge in [0, 0.05) is 29.9 Å². The van der Waals surface area contributed by atoms with Crippen molar-refractivity contribution in [3.05, 3.63) is 41.5 Å². The Balaban J connectivity index is 0.000000806. The first-order chi connectivity index (χ1) is 14.2. The summed E-state index contributed by atoms with van der Waals surface area (Å²) in [5.74, 6) is 0.142. The maximum absolute atomic E-state index is 14.2. The second kappa shape index (κ2) is 8.95. The van der Waals surface area contributed by atoms with Crippen LogP contribution in [-0.2, 0) is 11.0 Å². The summed E-state index contributed by atoms with van der Waals surface area (Å²) in [4.78, 5) is 19.5. The van der Waals surface area contributed by atoms with Gasteiger partial charge in [-0.1, -0.05) is 6.07 Å². The lowest BCUT2D eigenvalue weighted by atomic mass is 9.84. The normalized spacial score (nSPS) is 22.8. The minimum atomic E-state index is -4.58. The summed E-state index contributed by atoms with van der Waals surface area (Å²) in [7, 11) is 0. The van der Waals surface area contributed by atoms with Crippen LogP contribution < -0.4 is 5.32 Å². The van der Waals surface area contributed by atoms with Gasteiger partial charge in [-0.25, -0.2) is 14.4 Å². The Labute approximate surface area is 170 Å². The maximum atomic E-state index is 14.2. The lowest BCUT2D eigenvalue weighted by Crippen LogP contribution is -2.53. The van der Waals surface area contributed by atoms with Crippen molar-refractivity contribution in [3.63, 3.8) is 0 Å². The number of halogens is 4. The Kier molecular flexibility index (Phi) is 6.55. The van der Waals surface area contributed by atoms with Crippen LogP contribution in [0.25, 0.3) is 11.1 Å². The summed E-state index contributed by atoms with van der Waals surface area (Å²) >= 11 is 0. The standard InChI is InChI=1S/C19H20F4N4.CH2O2/c1-11-15(14-3-2-13(8-16(14)20)19(21,22)23)9-24-18(25-11)26-17-10-27-6-4-12(17)5-7-27;2-1-3/h2-3,8-9,12,17H,4-7,10H2,1H3,(H,24,25,26);1H,(H,2,3)/t17-;/m1./s1. The number of benzene rings is 1. The molecule has 162 valence electrons. The molecule has 2 aromatic rings. The highest BCUT2D eigenvalue weighted by Crippen LogP contribution is 2.34. The number of hydrogen-bond acceptors (Lipinski definition) is 5. The monoisotopic (exact) mass is 426 g/mol. The highest BCUT2D eigenvalue weighted by molar-refractivity contribution is 5.66. The summed E-state index contributed by atoms with van der Waals surface area (Å²) in [6.45, 7) is 4.68. The second-order valence-electron chi connectivity index (χ2n) is 7.38. The van der Waals surface area contributed by atoms with Gasteiger partial charge >= 0.3 is 6.18 Å². The molecule has 3 fully saturated rings. The molecule has 1 aromatic carbocycles. The van der Waals surface area contributed by atoms with Crippen molar-refractivity contribution in [1.82, 2.24) is 14.9 Å². The number of hydrogen-bond donors (Lipinski definition) is 2. The van der Waals surface area contributed by atoms with E-state index in [1.54, 1.807) is 6.92 Å². The quantitative estimate of drug-likeness (QED) is 0.574. The zero-order valence-electron chi connectivity index (χ0n) is 16.3. The third-order valence-corrected chi connectivity index (χ3v) is 5.54. The van der Waals surface area contributed by atoms with Crippen molar-refractivity contribution in [3.8, 4) is 11.1 Å². The van der Waals surface area contributed by atoms with Gasteiger partial charge in [0.05, 0.1) is 11.3 Å². The molecule has 6 nitrogen and oxygen atoms in total. The number of fused-ring (bicyclic) bond motifs is 3. The molecule has 3 aliphatic rings. The smallest absolute Gasteiger partial charge is 0.416 e. The van der Waals surface area contributed by atoms with E-state index in [1.807, 2.05) is 0 Å². The molecule has 1 atom stereocenters. The van der Waals surface area contributed by atoms with Gasteiger partial charge in [0.25, 0.3) is 6.47 Å². The van der Waals surface area contributed by atoms with Crippen LogP contribution in [0.3, 0.4) is 0 Å². The Hall–Kier alpha value is -2.75. The van der Waals surface area contributed by atoms with Gasteiger partial charge in [-0.15, -0.1) is 0 Å². The molecule has 2 N–H and O–H groups in total. The average molecular weight is 426 g/mol. The zero-order chi connectivity index (χ0) is 21.9. The molecule has 30 heavy (non-hydrogen) atoms. The lowest BCUT2D eigenvalue weighted by Gasteiger charge is -2.44. The van der Waals surface area contributed by atoms with E-state index in [1.165, 1.54) is 6.20 Å². The molecule has 2 bridgehead atoms. The predicted molar refractivity (Wildman–Crippen MR) is 102 cm³/mol. The molecule has 4 heterocycles. The molecule has 3 aliphatic heterocycles. The van der Waals surface area contributed by atoms with E-state index in [0.717, 1.165) is 44.6 Å². The van der Waals surface area contributed by atoms with E-state index in [-0.39, 0.29) is 12.0 Å². The van der Waals surface area contributed by atoms with E-state index < -0.39 is 17.6 Å². The Morgan fingerprint density at radius 3 is 2.40 bits per heavy atom. The first-order valence-electron chi connectivity index (χ1n) is 9.50. The molecule has 0 spiro atoms. The van der Waals surface area contributed by atoms with E-state index in [4.69, 9.17) is 9.90 Å². The molecule has 0 saturated carbocycles. The number of rotatable bonds is 3. The van der Waals surface area contributed by atoms with Gasteiger partial charge in [-0.2, -0.15) is 13.2 Å². The molecular weight excluding hydrogens is 404 g/mol. The maximum Gasteiger partial charge on any atom is 0.416 e. The minimum Gasteiger partial charge on any atom is -0.483 e. The minimum absolute atomic E-state index is 0.0647. The van der Waals surface area contributed by atoms with Crippen molar-refractivity contribution in [2.24, 2.45) is 5.92 Å². The molecule has 3 saturated heterocycles. The summed E-state index contributed by atoms with van der Waals surface area (Å²) < 4.78 is 52.4. The van der Waals surface area contributed by atoms with Gasteiger partial charge in [0.2, 0.25) is 5.95 Å². The van der Waals surface area contributed by atoms with Gasteiger partial charge < -0.3 is 15.3 Å². The molecule has 0 amide bonds. The Morgan fingerprint density at radius 1 is 1.23 bits per heavy atom. The van der Waals surface area contributed by atoms with Crippen LogP contribution in [0.2, 0.25) is 0 Å². The van der Waals surface area contributed by atoms with Gasteiger partial charge in [0.1, 0.15) is 5.82 Å². The number of carboxylic acid groups (broad SMARTS) is 1. The lowest BCUT2D eigenvalue weighted by molar-refractivity contribution is -0.137. The Morgan fingerprint density at radius 2 is 1.90 bits per heavy atom. The second-order valence-corrected chi connectivity index (χ2v) is 7.38. The van der Waals surface area contributed by atoms with Crippen LogP contribution in [0.1, 0.15) is 24.1 Å². The first kappa shape index (κ1) is 21.9. The average Bonchev–Trinajstić information content (AvgIpc) is 2.69. The van der Waals surface area contributed by atoms with Crippen molar-refractivity contribution in [2.75, 3.05) is 25.0 Å². The number of nitrogens with one attached hydrogen (secondary N) is 1. The van der Waals surface area contributed by atoms with Crippen molar-refractivity contribution in [2.45, 2.75) is 32.0 Å². The summed E-state index contributed by atoms with van der Waals surface area (Å²) in [6.07, 6.45) is -0.789. The third kappa shape index (κ3) is 4.86. The van der Waals surface area contributed by atoms with Crippen molar-refractivity contribution < 1.29 is 27.5 Å². The molecule has 1 aromatic heterocycles. The van der Waals surface area contributed by atoms with E-state index in [2.05, 4.69) is 20.2 Å².